The summed E-state index contributed by atoms with van der Waals surface area (Å²) in [6.45, 7) is 0. The third-order valence-electron chi connectivity index (χ3n) is 2.61. The lowest BCUT2D eigenvalue weighted by molar-refractivity contribution is 0.111. The Labute approximate surface area is 92.5 Å². The number of nitrogens with zero attached hydrogens (tertiary/aromatic N) is 4. The molecule has 6 nitrogen and oxygen atoms in total. The molecule has 0 bridgehead atoms. The van der Waals surface area contributed by atoms with Gasteiger partial charge >= 0.3 is 0 Å². The Balaban J connectivity index is 2.79. The Morgan fingerprint density at radius 1 is 1.50 bits per heavy atom. The Morgan fingerprint density at radius 3 is 2.88 bits per heavy atom. The van der Waals surface area contributed by atoms with Crippen molar-refractivity contribution in [3.63, 3.8) is 0 Å². The van der Waals surface area contributed by atoms with Crippen LogP contribution < -0.4 is 5.43 Å². The number of carbonyl (C=O) groups excluding carboxylic acids is 1. The van der Waals surface area contributed by atoms with Gasteiger partial charge in [0.2, 0.25) is 0 Å². The van der Waals surface area contributed by atoms with Gasteiger partial charge in [0.05, 0.1) is 29.1 Å². The highest BCUT2D eigenvalue weighted by atomic mass is 16.1. The summed E-state index contributed by atoms with van der Waals surface area (Å²) in [5.74, 6) is 0. The van der Waals surface area contributed by atoms with Gasteiger partial charge in [-0.05, 0) is 0 Å². The van der Waals surface area contributed by atoms with Gasteiger partial charge in [-0.3, -0.25) is 9.48 Å². The van der Waals surface area contributed by atoms with Gasteiger partial charge in [-0.25, -0.2) is 0 Å². The monoisotopic (exact) mass is 219 g/mol. The Hall–Kier alpha value is -2.11. The van der Waals surface area contributed by atoms with Gasteiger partial charge < -0.3 is 9.99 Å². The van der Waals surface area contributed by atoms with Crippen LogP contribution in [0.4, 0.5) is 0 Å². The van der Waals surface area contributed by atoms with Crippen LogP contribution in [0.3, 0.4) is 0 Å². The van der Waals surface area contributed by atoms with E-state index in [0.29, 0.717) is 5.69 Å². The molecule has 0 unspecified atom stereocenters. The zero-order valence-electron chi connectivity index (χ0n) is 9.43. The maximum absolute atomic E-state index is 11.1. The second-order valence-corrected chi connectivity index (χ2v) is 3.46. The van der Waals surface area contributed by atoms with E-state index >= 15 is 0 Å². The van der Waals surface area contributed by atoms with E-state index in [9.17, 15) is 4.79 Å². The molecular weight excluding hydrogens is 206 g/mol. The van der Waals surface area contributed by atoms with Crippen LogP contribution in [-0.2, 0) is 14.1 Å². The van der Waals surface area contributed by atoms with Crippen LogP contribution >= 0.6 is 0 Å². The van der Waals surface area contributed by atoms with Gasteiger partial charge in [-0.1, -0.05) is 0 Å². The fourth-order valence-electron chi connectivity index (χ4n) is 1.81. The minimum Gasteiger partial charge on any atom is -0.338 e. The molecule has 0 spiro atoms. The predicted molar refractivity (Wildman–Crippen MR) is 61.7 cm³/mol. The van der Waals surface area contributed by atoms with Crippen molar-refractivity contribution in [1.29, 1.82) is 0 Å². The summed E-state index contributed by atoms with van der Waals surface area (Å²) in [6, 6.07) is 0. The van der Waals surface area contributed by atoms with Gasteiger partial charge in [0.25, 0.3) is 0 Å². The number of hydrogen-bond acceptors (Lipinski definition) is 4. The van der Waals surface area contributed by atoms with E-state index < -0.39 is 0 Å². The molecule has 0 aliphatic heterocycles. The van der Waals surface area contributed by atoms with Crippen molar-refractivity contribution in [3.05, 3.63) is 17.5 Å². The summed E-state index contributed by atoms with van der Waals surface area (Å²) < 4.78 is 3.55. The lowest BCUT2D eigenvalue weighted by Gasteiger charge is -1.96. The SMILES string of the molecule is CN/N=C\c1c(C=O)n(C)c2cnn(C)c12. The first kappa shape index (κ1) is 10.4. The van der Waals surface area contributed by atoms with Crippen LogP contribution in [0.25, 0.3) is 11.0 Å². The molecule has 0 saturated heterocycles. The number of rotatable bonds is 3. The fraction of sp³-hybridized carbons (Fsp3) is 0.300. The summed E-state index contributed by atoms with van der Waals surface area (Å²) in [5, 5.41) is 8.11. The van der Waals surface area contributed by atoms with Crippen molar-refractivity contribution in [1.82, 2.24) is 19.8 Å². The molecule has 0 fully saturated rings. The van der Waals surface area contributed by atoms with Crippen molar-refractivity contribution in [2.45, 2.75) is 0 Å². The van der Waals surface area contributed by atoms with Crippen molar-refractivity contribution in [3.8, 4) is 0 Å². The predicted octanol–water partition coefficient (Wildman–Crippen LogP) is 0.278. The molecule has 2 aromatic rings. The van der Waals surface area contributed by atoms with Gasteiger partial charge in [0.1, 0.15) is 0 Å². The summed E-state index contributed by atoms with van der Waals surface area (Å²) >= 11 is 0. The lowest BCUT2D eigenvalue weighted by Crippen LogP contribution is -2.01. The first-order chi connectivity index (χ1) is 7.70. The van der Waals surface area contributed by atoms with E-state index in [0.717, 1.165) is 22.9 Å². The minimum atomic E-state index is 0.599. The maximum Gasteiger partial charge on any atom is 0.167 e. The summed E-state index contributed by atoms with van der Waals surface area (Å²) in [7, 11) is 5.39. The van der Waals surface area contributed by atoms with Gasteiger partial charge in [0.15, 0.2) is 6.29 Å². The molecule has 0 aliphatic rings. The first-order valence-electron chi connectivity index (χ1n) is 4.86. The molecule has 0 aromatic carbocycles. The van der Waals surface area contributed by atoms with Crippen LogP contribution in [-0.4, -0.2) is 33.9 Å². The third kappa shape index (κ3) is 1.30. The number of carbonyl (C=O) groups is 1. The Morgan fingerprint density at radius 2 is 2.25 bits per heavy atom. The average molecular weight is 219 g/mol. The van der Waals surface area contributed by atoms with E-state index in [-0.39, 0.29) is 0 Å². The molecule has 0 atom stereocenters. The minimum absolute atomic E-state index is 0.599. The van der Waals surface area contributed by atoms with Crippen LogP contribution in [0.5, 0.6) is 0 Å². The fourth-order valence-corrected chi connectivity index (χ4v) is 1.81. The zero-order valence-corrected chi connectivity index (χ0v) is 9.43. The summed E-state index contributed by atoms with van der Waals surface area (Å²) in [5.41, 5.74) is 5.87. The van der Waals surface area contributed by atoms with E-state index in [2.05, 4.69) is 15.6 Å². The van der Waals surface area contributed by atoms with E-state index in [1.807, 2.05) is 18.7 Å². The van der Waals surface area contributed by atoms with Crippen LogP contribution in [0.1, 0.15) is 16.1 Å². The van der Waals surface area contributed by atoms with Crippen LogP contribution in [0.2, 0.25) is 0 Å². The second-order valence-electron chi connectivity index (χ2n) is 3.46. The normalized spacial score (nSPS) is 11.4. The second kappa shape index (κ2) is 3.80. The quantitative estimate of drug-likeness (QED) is 0.458. The molecule has 16 heavy (non-hydrogen) atoms. The summed E-state index contributed by atoms with van der Waals surface area (Å²) in [6.07, 6.45) is 4.20. The standard InChI is InChI=1S/C10H13N5O/c1-11-12-4-7-9(6-16)14(2)8-5-13-15(3)10(7)8/h4-6,11H,1-3H3/b12-4-. The van der Waals surface area contributed by atoms with Crippen molar-refractivity contribution >= 4 is 23.5 Å². The van der Waals surface area contributed by atoms with E-state index in [1.165, 1.54) is 0 Å². The number of aryl methyl sites for hydroxylation is 2. The maximum atomic E-state index is 11.1. The molecule has 84 valence electrons. The van der Waals surface area contributed by atoms with Gasteiger partial charge in [-0.15, -0.1) is 0 Å². The Kier molecular flexibility index (Phi) is 2.47. The molecule has 1 N–H and O–H groups in total. The largest absolute Gasteiger partial charge is 0.338 e. The highest BCUT2D eigenvalue weighted by molar-refractivity contribution is 6.05. The van der Waals surface area contributed by atoms with Crippen LogP contribution in [0.15, 0.2) is 11.3 Å². The number of aromatic nitrogens is 3. The highest BCUT2D eigenvalue weighted by Crippen LogP contribution is 2.22. The topological polar surface area (TPSA) is 64.2 Å². The molecule has 0 radical (unpaired) electrons. The van der Waals surface area contributed by atoms with Crippen molar-refractivity contribution in [2.24, 2.45) is 19.2 Å². The number of hydrogen-bond donors (Lipinski definition) is 1. The molecule has 0 amide bonds. The molecule has 2 heterocycles. The number of hydrazone groups is 1. The molecule has 0 saturated carbocycles. The molecular formula is C10H13N5O. The van der Waals surface area contributed by atoms with Gasteiger partial charge in [-0.2, -0.15) is 10.2 Å². The van der Waals surface area contributed by atoms with Crippen molar-refractivity contribution < 1.29 is 4.79 Å². The summed E-state index contributed by atoms with van der Waals surface area (Å²) in [4.78, 5) is 11.1. The molecule has 2 rings (SSSR count). The molecule has 0 aliphatic carbocycles. The number of fused-ring (bicyclic) bond motifs is 1. The van der Waals surface area contributed by atoms with E-state index in [1.54, 1.807) is 24.1 Å². The third-order valence-corrected chi connectivity index (χ3v) is 2.61. The smallest absolute Gasteiger partial charge is 0.167 e. The number of nitrogens with one attached hydrogen (secondary N) is 1. The molecule has 6 heteroatoms. The van der Waals surface area contributed by atoms with Crippen molar-refractivity contribution in [2.75, 3.05) is 7.05 Å². The number of aldehydes is 1. The highest BCUT2D eigenvalue weighted by Gasteiger charge is 2.16. The molecule has 2 aromatic heterocycles. The first-order valence-corrected chi connectivity index (χ1v) is 4.86. The zero-order chi connectivity index (χ0) is 11.7. The average Bonchev–Trinajstić information content (AvgIpc) is 2.77. The Bertz CT molecular complexity index is 563. The lowest BCUT2D eigenvalue weighted by atomic mass is 10.2. The van der Waals surface area contributed by atoms with E-state index in [4.69, 9.17) is 0 Å². The van der Waals surface area contributed by atoms with Crippen LogP contribution in [0, 0.1) is 0 Å². The van der Waals surface area contributed by atoms with Gasteiger partial charge in [0, 0.05) is 26.7 Å².